The third kappa shape index (κ3) is 2.49. The van der Waals surface area contributed by atoms with Gasteiger partial charge in [0.2, 0.25) is 5.95 Å². The van der Waals surface area contributed by atoms with Crippen molar-refractivity contribution in [3.63, 3.8) is 0 Å². The average Bonchev–Trinajstić information content (AvgIpc) is 2.45. The van der Waals surface area contributed by atoms with Gasteiger partial charge < -0.3 is 20.9 Å². The molecule has 0 amide bonds. The highest BCUT2D eigenvalue weighted by molar-refractivity contribution is 5.78. The van der Waals surface area contributed by atoms with Gasteiger partial charge in [-0.25, -0.2) is 9.37 Å². The van der Waals surface area contributed by atoms with Crippen LogP contribution in [0.5, 0.6) is 11.5 Å². The monoisotopic (exact) mass is 289 g/mol. The number of benzene rings is 1. The fourth-order valence-electron chi connectivity index (χ4n) is 1.85. The Kier molecular flexibility index (Phi) is 3.75. The lowest BCUT2D eigenvalue weighted by molar-refractivity contribution is 0.390. The molecule has 0 aliphatic rings. The Morgan fingerprint density at radius 3 is 2.48 bits per heavy atom. The number of hydrogen-bond acceptors (Lipinski definition) is 7. The molecule has 21 heavy (non-hydrogen) atoms. The molecule has 2 aromatic rings. The fourth-order valence-corrected chi connectivity index (χ4v) is 1.85. The topological polar surface area (TPSA) is 120 Å². The van der Waals surface area contributed by atoms with Gasteiger partial charge in [0, 0.05) is 12.1 Å². The average molecular weight is 289 g/mol. The standard InChI is InChI=1S/C13H12FN5O2/c1-20-6-3-8(14)10(9(4-6)21-2)11-7(5-15)12(16)19-13(17)18-11/h3-4H,1-2H3,(H4,16,17,18,19). The van der Waals surface area contributed by atoms with Crippen LogP contribution in [0.1, 0.15) is 5.56 Å². The predicted molar refractivity (Wildman–Crippen MR) is 74.1 cm³/mol. The maximum absolute atomic E-state index is 14.3. The number of rotatable bonds is 3. The van der Waals surface area contributed by atoms with Crippen molar-refractivity contribution in [3.05, 3.63) is 23.5 Å². The highest BCUT2D eigenvalue weighted by atomic mass is 19.1. The highest BCUT2D eigenvalue weighted by Crippen LogP contribution is 2.37. The molecule has 0 atom stereocenters. The van der Waals surface area contributed by atoms with E-state index in [4.69, 9.17) is 26.2 Å². The first-order valence-electron chi connectivity index (χ1n) is 5.76. The van der Waals surface area contributed by atoms with Crippen molar-refractivity contribution < 1.29 is 13.9 Å². The molecule has 0 spiro atoms. The molecular formula is C13H12FN5O2. The van der Waals surface area contributed by atoms with Crippen LogP contribution in [-0.2, 0) is 0 Å². The number of aromatic nitrogens is 2. The summed E-state index contributed by atoms with van der Waals surface area (Å²) in [5.41, 5.74) is 11.0. The Labute approximate surface area is 119 Å². The molecule has 0 fully saturated rings. The molecule has 2 rings (SSSR count). The summed E-state index contributed by atoms with van der Waals surface area (Å²) < 4.78 is 24.4. The van der Waals surface area contributed by atoms with Gasteiger partial charge in [0.25, 0.3) is 0 Å². The van der Waals surface area contributed by atoms with E-state index in [1.54, 1.807) is 0 Å². The molecule has 0 aliphatic carbocycles. The Morgan fingerprint density at radius 1 is 1.19 bits per heavy atom. The molecule has 0 bridgehead atoms. The molecule has 1 heterocycles. The van der Waals surface area contributed by atoms with Crippen molar-refractivity contribution in [3.8, 4) is 28.8 Å². The number of nitrogens with two attached hydrogens (primary N) is 2. The minimum Gasteiger partial charge on any atom is -0.497 e. The van der Waals surface area contributed by atoms with Gasteiger partial charge in [0.05, 0.1) is 19.8 Å². The molecule has 7 nitrogen and oxygen atoms in total. The molecule has 0 unspecified atom stereocenters. The Balaban J connectivity index is 2.82. The van der Waals surface area contributed by atoms with Crippen LogP contribution in [0.4, 0.5) is 16.2 Å². The van der Waals surface area contributed by atoms with Crippen molar-refractivity contribution in [2.24, 2.45) is 0 Å². The van der Waals surface area contributed by atoms with E-state index in [0.717, 1.165) is 6.07 Å². The predicted octanol–water partition coefficient (Wildman–Crippen LogP) is 1.34. The van der Waals surface area contributed by atoms with E-state index in [9.17, 15) is 4.39 Å². The second-order valence-electron chi connectivity index (χ2n) is 3.99. The highest BCUT2D eigenvalue weighted by Gasteiger charge is 2.21. The zero-order valence-corrected chi connectivity index (χ0v) is 11.3. The molecule has 0 aliphatic heterocycles. The van der Waals surface area contributed by atoms with Gasteiger partial charge in [-0.15, -0.1) is 0 Å². The third-order valence-corrected chi connectivity index (χ3v) is 2.79. The number of anilines is 2. The van der Waals surface area contributed by atoms with Crippen molar-refractivity contribution in [2.75, 3.05) is 25.7 Å². The van der Waals surface area contributed by atoms with E-state index >= 15 is 0 Å². The number of nitrogens with zero attached hydrogens (tertiary/aromatic N) is 3. The van der Waals surface area contributed by atoms with Gasteiger partial charge >= 0.3 is 0 Å². The first kappa shape index (κ1) is 14.3. The van der Waals surface area contributed by atoms with E-state index in [0.29, 0.717) is 0 Å². The maximum Gasteiger partial charge on any atom is 0.222 e. The van der Waals surface area contributed by atoms with Crippen LogP contribution in [0.2, 0.25) is 0 Å². The SMILES string of the molecule is COc1cc(F)c(-c2nc(N)nc(N)c2C#N)c(OC)c1. The lowest BCUT2D eigenvalue weighted by Gasteiger charge is -2.13. The maximum atomic E-state index is 14.3. The van der Waals surface area contributed by atoms with E-state index in [-0.39, 0.29) is 40.1 Å². The molecular weight excluding hydrogens is 277 g/mol. The third-order valence-electron chi connectivity index (χ3n) is 2.79. The number of nitriles is 1. The summed E-state index contributed by atoms with van der Waals surface area (Å²) in [6.45, 7) is 0. The van der Waals surface area contributed by atoms with Crippen molar-refractivity contribution in [1.29, 1.82) is 5.26 Å². The Morgan fingerprint density at radius 2 is 1.90 bits per heavy atom. The number of halogens is 1. The first-order valence-corrected chi connectivity index (χ1v) is 5.76. The minimum absolute atomic E-state index is 0.0282. The quantitative estimate of drug-likeness (QED) is 0.874. The summed E-state index contributed by atoms with van der Waals surface area (Å²) in [7, 11) is 2.76. The van der Waals surface area contributed by atoms with Crippen molar-refractivity contribution in [1.82, 2.24) is 9.97 Å². The molecule has 0 saturated carbocycles. The lowest BCUT2D eigenvalue weighted by Crippen LogP contribution is -2.06. The van der Waals surface area contributed by atoms with Gasteiger partial charge in [-0.2, -0.15) is 10.2 Å². The van der Waals surface area contributed by atoms with Crippen LogP contribution >= 0.6 is 0 Å². The van der Waals surface area contributed by atoms with E-state index in [1.807, 2.05) is 6.07 Å². The number of methoxy groups -OCH3 is 2. The molecule has 1 aromatic heterocycles. The molecule has 4 N–H and O–H groups in total. The second kappa shape index (κ2) is 5.50. The summed E-state index contributed by atoms with van der Waals surface area (Å²) in [4.78, 5) is 7.59. The summed E-state index contributed by atoms with van der Waals surface area (Å²) in [6, 6.07) is 4.45. The van der Waals surface area contributed by atoms with Crippen LogP contribution in [0.3, 0.4) is 0 Å². The first-order chi connectivity index (χ1) is 10.0. The second-order valence-corrected chi connectivity index (χ2v) is 3.99. The van der Waals surface area contributed by atoms with Crippen LogP contribution in [-0.4, -0.2) is 24.2 Å². The summed E-state index contributed by atoms with van der Waals surface area (Å²) in [5, 5.41) is 9.17. The van der Waals surface area contributed by atoms with Crippen molar-refractivity contribution in [2.45, 2.75) is 0 Å². The van der Waals surface area contributed by atoms with Crippen LogP contribution in [0.15, 0.2) is 12.1 Å². The molecule has 0 radical (unpaired) electrons. The van der Waals surface area contributed by atoms with Gasteiger partial charge in [0.1, 0.15) is 40.5 Å². The van der Waals surface area contributed by atoms with Gasteiger partial charge in [-0.1, -0.05) is 0 Å². The van der Waals surface area contributed by atoms with Crippen molar-refractivity contribution >= 4 is 11.8 Å². The fraction of sp³-hybridized carbons (Fsp3) is 0.154. The molecule has 108 valence electrons. The van der Waals surface area contributed by atoms with E-state index in [2.05, 4.69) is 9.97 Å². The Hall–Kier alpha value is -3.08. The number of hydrogen-bond donors (Lipinski definition) is 2. The molecule has 1 aromatic carbocycles. The zero-order chi connectivity index (χ0) is 15.6. The van der Waals surface area contributed by atoms with E-state index < -0.39 is 5.82 Å². The normalized spacial score (nSPS) is 10.0. The van der Waals surface area contributed by atoms with E-state index in [1.165, 1.54) is 20.3 Å². The summed E-state index contributed by atoms with van der Waals surface area (Å²) >= 11 is 0. The number of ether oxygens (including phenoxy) is 2. The van der Waals surface area contributed by atoms with Crippen LogP contribution in [0.25, 0.3) is 11.3 Å². The lowest BCUT2D eigenvalue weighted by atomic mass is 10.0. The largest absolute Gasteiger partial charge is 0.497 e. The zero-order valence-electron chi connectivity index (χ0n) is 11.3. The summed E-state index contributed by atoms with van der Waals surface area (Å²) in [6.07, 6.45) is 0. The van der Waals surface area contributed by atoms with Gasteiger partial charge in [-0.05, 0) is 0 Å². The van der Waals surface area contributed by atoms with Gasteiger partial charge in [0.15, 0.2) is 0 Å². The van der Waals surface area contributed by atoms with Gasteiger partial charge in [-0.3, -0.25) is 0 Å². The number of nitrogen functional groups attached to an aromatic ring is 2. The van der Waals surface area contributed by atoms with Crippen LogP contribution in [0, 0.1) is 17.1 Å². The molecule has 8 heteroatoms. The smallest absolute Gasteiger partial charge is 0.222 e. The van der Waals surface area contributed by atoms with Crippen LogP contribution < -0.4 is 20.9 Å². The molecule has 0 saturated heterocycles. The minimum atomic E-state index is -0.680. The summed E-state index contributed by atoms with van der Waals surface area (Å²) in [5.74, 6) is -0.571. The Bertz CT molecular complexity index is 742.